The molecule has 8 nitrogen and oxygen atoms in total. The van der Waals surface area contributed by atoms with E-state index in [1.807, 2.05) is 6.92 Å². The standard InChI is InChI=1S/C24H27FN4O4S/c1-5-33-23-14-26-13-19(28-23)17-8-7-16(18(25)11-17)12-21(30)24(3,4)20-9-10-27-22(29-20)15-34(31,32)6-2/h7-11,13-14H,5-6,12,15H2,1-4H3. The van der Waals surface area contributed by atoms with E-state index in [4.69, 9.17) is 4.74 Å². The Morgan fingerprint density at radius 2 is 1.88 bits per heavy atom. The molecule has 3 rings (SSSR count). The van der Waals surface area contributed by atoms with Gasteiger partial charge in [0.25, 0.3) is 0 Å². The van der Waals surface area contributed by atoms with Crippen LogP contribution in [-0.4, -0.2) is 46.5 Å². The minimum absolute atomic E-state index is 0.0281. The lowest BCUT2D eigenvalue weighted by molar-refractivity contribution is -0.123. The van der Waals surface area contributed by atoms with E-state index in [9.17, 15) is 17.6 Å². The first kappa shape index (κ1) is 25.4. The first-order chi connectivity index (χ1) is 16.1. The van der Waals surface area contributed by atoms with Gasteiger partial charge >= 0.3 is 0 Å². The van der Waals surface area contributed by atoms with E-state index in [0.29, 0.717) is 29.4 Å². The molecular formula is C24H27FN4O4S. The molecule has 2 heterocycles. The van der Waals surface area contributed by atoms with Gasteiger partial charge in [-0.25, -0.2) is 27.8 Å². The molecule has 0 bridgehead atoms. The fourth-order valence-electron chi connectivity index (χ4n) is 3.21. The molecule has 10 heteroatoms. The summed E-state index contributed by atoms with van der Waals surface area (Å²) in [6, 6.07) is 6.11. The van der Waals surface area contributed by atoms with Gasteiger partial charge < -0.3 is 4.74 Å². The van der Waals surface area contributed by atoms with Gasteiger partial charge in [0.05, 0.1) is 35.8 Å². The molecule has 34 heavy (non-hydrogen) atoms. The summed E-state index contributed by atoms with van der Waals surface area (Å²) < 4.78 is 44.1. The lowest BCUT2D eigenvalue weighted by Gasteiger charge is -2.23. The van der Waals surface area contributed by atoms with Crippen LogP contribution < -0.4 is 4.74 Å². The number of ether oxygens (including phenoxy) is 1. The second kappa shape index (κ2) is 10.3. The first-order valence-electron chi connectivity index (χ1n) is 10.9. The quantitative estimate of drug-likeness (QED) is 0.428. The minimum Gasteiger partial charge on any atom is -0.477 e. The van der Waals surface area contributed by atoms with Crippen LogP contribution in [0.15, 0.2) is 42.9 Å². The van der Waals surface area contributed by atoms with Crippen molar-refractivity contribution in [2.24, 2.45) is 0 Å². The Kier molecular flexibility index (Phi) is 7.71. The molecule has 3 aromatic rings. The summed E-state index contributed by atoms with van der Waals surface area (Å²) in [6.07, 6.45) is 4.27. The molecule has 0 aliphatic heterocycles. The molecular weight excluding hydrogens is 459 g/mol. The van der Waals surface area contributed by atoms with E-state index in [2.05, 4.69) is 19.9 Å². The van der Waals surface area contributed by atoms with E-state index in [1.165, 1.54) is 24.7 Å². The lowest BCUT2D eigenvalue weighted by Crippen LogP contribution is -2.32. The van der Waals surface area contributed by atoms with E-state index < -0.39 is 21.1 Å². The summed E-state index contributed by atoms with van der Waals surface area (Å²) >= 11 is 0. The Morgan fingerprint density at radius 1 is 1.12 bits per heavy atom. The zero-order valence-corrected chi connectivity index (χ0v) is 20.4. The fourth-order valence-corrected chi connectivity index (χ4v) is 3.94. The molecule has 0 aliphatic rings. The highest BCUT2D eigenvalue weighted by Crippen LogP contribution is 2.27. The monoisotopic (exact) mass is 486 g/mol. The summed E-state index contributed by atoms with van der Waals surface area (Å²) in [6.45, 7) is 7.17. The number of benzene rings is 1. The molecule has 0 fully saturated rings. The predicted molar refractivity (Wildman–Crippen MR) is 126 cm³/mol. The van der Waals surface area contributed by atoms with Crippen molar-refractivity contribution in [3.8, 4) is 17.1 Å². The van der Waals surface area contributed by atoms with Crippen molar-refractivity contribution in [3.05, 3.63) is 65.8 Å². The van der Waals surface area contributed by atoms with Gasteiger partial charge in [0, 0.05) is 23.9 Å². The lowest BCUT2D eigenvalue weighted by atomic mass is 9.81. The number of sulfone groups is 1. The van der Waals surface area contributed by atoms with Crippen LogP contribution in [0.2, 0.25) is 0 Å². The van der Waals surface area contributed by atoms with Crippen molar-refractivity contribution in [1.82, 2.24) is 19.9 Å². The van der Waals surface area contributed by atoms with Crippen LogP contribution in [0.1, 0.15) is 44.8 Å². The summed E-state index contributed by atoms with van der Waals surface area (Å²) in [5, 5.41) is 0. The topological polar surface area (TPSA) is 112 Å². The number of hydrogen-bond donors (Lipinski definition) is 0. The maximum absolute atomic E-state index is 14.9. The van der Waals surface area contributed by atoms with Crippen LogP contribution >= 0.6 is 0 Å². The van der Waals surface area contributed by atoms with Crippen LogP contribution in [-0.2, 0) is 32.2 Å². The predicted octanol–water partition coefficient (Wildman–Crippen LogP) is 3.50. The number of carbonyl (C=O) groups excluding carboxylic acids is 1. The number of ketones is 1. The second-order valence-corrected chi connectivity index (χ2v) is 10.6. The number of nitrogens with zero attached hydrogens (tertiary/aromatic N) is 4. The SMILES string of the molecule is CCOc1cncc(-c2ccc(CC(=O)C(C)(C)c3ccnc(CS(=O)(=O)CC)n3)c(F)c2)n1. The molecule has 0 N–H and O–H groups in total. The molecule has 0 atom stereocenters. The summed E-state index contributed by atoms with van der Waals surface area (Å²) in [5.74, 6) is -0.656. The van der Waals surface area contributed by atoms with E-state index in [0.717, 1.165) is 0 Å². The first-order valence-corrected chi connectivity index (χ1v) is 12.7. The van der Waals surface area contributed by atoms with Crippen molar-refractivity contribution in [1.29, 1.82) is 0 Å². The zero-order chi connectivity index (χ0) is 24.9. The van der Waals surface area contributed by atoms with Gasteiger partial charge in [-0.3, -0.25) is 9.78 Å². The Bertz CT molecular complexity index is 1300. The van der Waals surface area contributed by atoms with E-state index in [-0.39, 0.29) is 35.1 Å². The summed E-state index contributed by atoms with van der Waals surface area (Å²) in [7, 11) is -3.32. The van der Waals surface area contributed by atoms with Gasteiger partial charge in [-0.15, -0.1) is 0 Å². The fraction of sp³-hybridized carbons (Fsp3) is 0.375. The Balaban J connectivity index is 1.80. The summed E-state index contributed by atoms with van der Waals surface area (Å²) in [5.41, 5.74) is 0.515. The highest BCUT2D eigenvalue weighted by Gasteiger charge is 2.32. The van der Waals surface area contributed by atoms with Crippen LogP contribution in [0, 0.1) is 5.82 Å². The number of rotatable bonds is 10. The molecule has 0 aliphatic carbocycles. The largest absolute Gasteiger partial charge is 0.477 e. The Morgan fingerprint density at radius 3 is 2.56 bits per heavy atom. The molecule has 1 aromatic carbocycles. The zero-order valence-electron chi connectivity index (χ0n) is 19.6. The van der Waals surface area contributed by atoms with Crippen molar-refractivity contribution >= 4 is 15.6 Å². The van der Waals surface area contributed by atoms with Gasteiger partial charge in [0.15, 0.2) is 9.84 Å². The third-order valence-electron chi connectivity index (χ3n) is 5.44. The van der Waals surface area contributed by atoms with Crippen molar-refractivity contribution < 1.29 is 22.3 Å². The Labute approximate surface area is 198 Å². The van der Waals surface area contributed by atoms with Gasteiger partial charge in [0.2, 0.25) is 5.88 Å². The minimum atomic E-state index is -3.32. The number of hydrogen-bond acceptors (Lipinski definition) is 8. The van der Waals surface area contributed by atoms with Crippen LogP contribution in [0.4, 0.5) is 4.39 Å². The molecule has 0 spiro atoms. The normalized spacial score (nSPS) is 11.9. The molecule has 180 valence electrons. The Hall–Kier alpha value is -3.27. The van der Waals surface area contributed by atoms with Gasteiger partial charge in [-0.2, -0.15) is 0 Å². The highest BCUT2D eigenvalue weighted by atomic mass is 32.2. The average Bonchev–Trinajstić information content (AvgIpc) is 2.80. The summed E-state index contributed by atoms with van der Waals surface area (Å²) in [4.78, 5) is 29.8. The third kappa shape index (κ3) is 5.99. The third-order valence-corrected chi connectivity index (χ3v) is 7.01. The van der Waals surface area contributed by atoms with Gasteiger partial charge in [-0.05, 0) is 38.5 Å². The number of halogens is 1. The van der Waals surface area contributed by atoms with Crippen molar-refractivity contribution in [2.45, 2.75) is 45.3 Å². The second-order valence-electron chi connectivity index (χ2n) is 8.24. The molecule has 0 saturated heterocycles. The molecule has 0 radical (unpaired) electrons. The van der Waals surface area contributed by atoms with Crippen LogP contribution in [0.25, 0.3) is 11.3 Å². The number of carbonyl (C=O) groups is 1. The van der Waals surface area contributed by atoms with Crippen molar-refractivity contribution in [2.75, 3.05) is 12.4 Å². The number of Topliss-reactive ketones (excluding diaryl/α,β-unsaturated/α-hetero) is 1. The maximum Gasteiger partial charge on any atom is 0.232 e. The smallest absolute Gasteiger partial charge is 0.232 e. The average molecular weight is 487 g/mol. The molecule has 0 saturated carbocycles. The van der Waals surface area contributed by atoms with Crippen LogP contribution in [0.5, 0.6) is 5.88 Å². The molecule has 0 amide bonds. The molecule has 2 aromatic heterocycles. The van der Waals surface area contributed by atoms with E-state index in [1.54, 1.807) is 39.0 Å². The van der Waals surface area contributed by atoms with Gasteiger partial charge in [-0.1, -0.05) is 19.1 Å². The molecule has 0 unspecified atom stereocenters. The van der Waals surface area contributed by atoms with Gasteiger partial charge in [0.1, 0.15) is 23.2 Å². The number of aromatic nitrogens is 4. The highest BCUT2D eigenvalue weighted by molar-refractivity contribution is 7.90. The van der Waals surface area contributed by atoms with E-state index >= 15 is 0 Å². The van der Waals surface area contributed by atoms with Crippen molar-refractivity contribution in [3.63, 3.8) is 0 Å². The maximum atomic E-state index is 14.9. The van der Waals surface area contributed by atoms with Crippen LogP contribution in [0.3, 0.4) is 0 Å².